The molecule has 0 aliphatic heterocycles. The number of halogens is 1. The molecular formula is C11H15ClN4O2. The normalized spacial score (nSPS) is 11.3. The molecule has 6 nitrogen and oxygen atoms in total. The van der Waals surface area contributed by atoms with Crippen molar-refractivity contribution in [2.75, 3.05) is 19.8 Å². The van der Waals surface area contributed by atoms with Gasteiger partial charge in [-0.2, -0.15) is 19.6 Å². The highest BCUT2D eigenvalue weighted by atomic mass is 35.5. The van der Waals surface area contributed by atoms with Gasteiger partial charge in [-0.15, -0.1) is 0 Å². The fourth-order valence-electron chi connectivity index (χ4n) is 1.38. The first-order chi connectivity index (χ1) is 8.66. The Morgan fingerprint density at radius 2 is 2.22 bits per heavy atom. The average Bonchev–Trinajstić information content (AvgIpc) is 2.75. The van der Waals surface area contributed by atoms with Crippen molar-refractivity contribution in [3.8, 4) is 5.88 Å². The van der Waals surface area contributed by atoms with E-state index in [1.165, 1.54) is 10.8 Å². The van der Waals surface area contributed by atoms with Crippen LogP contribution in [0.25, 0.3) is 5.78 Å². The van der Waals surface area contributed by atoms with Crippen molar-refractivity contribution in [2.24, 2.45) is 5.92 Å². The Balaban J connectivity index is 1.93. The van der Waals surface area contributed by atoms with Gasteiger partial charge < -0.3 is 9.47 Å². The molecule has 0 aliphatic rings. The lowest BCUT2D eigenvalue weighted by Crippen LogP contribution is -2.12. The number of ether oxygens (including phenoxy) is 2. The molecule has 2 heterocycles. The van der Waals surface area contributed by atoms with Crippen molar-refractivity contribution < 1.29 is 9.47 Å². The van der Waals surface area contributed by atoms with Crippen molar-refractivity contribution >= 4 is 17.4 Å². The Kier molecular flexibility index (Phi) is 4.33. The van der Waals surface area contributed by atoms with E-state index in [2.05, 4.69) is 28.9 Å². The summed E-state index contributed by atoms with van der Waals surface area (Å²) in [5.41, 5.74) is 0. The molecule has 2 aromatic heterocycles. The molecule has 0 amide bonds. The second kappa shape index (κ2) is 5.97. The number of hydrogen-bond donors (Lipinski definition) is 0. The standard InChI is InChI=1S/C11H15ClN4O2/c1-8(2)6-17-3-4-18-10-5-9(12)15-11-13-7-14-16(10)11/h5,7-8H,3-4,6H2,1-2H3. The summed E-state index contributed by atoms with van der Waals surface area (Å²) >= 11 is 5.86. The van der Waals surface area contributed by atoms with Crippen LogP contribution in [0.2, 0.25) is 5.15 Å². The van der Waals surface area contributed by atoms with Crippen LogP contribution >= 0.6 is 11.6 Å². The van der Waals surface area contributed by atoms with E-state index in [1.54, 1.807) is 6.07 Å². The zero-order chi connectivity index (χ0) is 13.0. The van der Waals surface area contributed by atoms with E-state index >= 15 is 0 Å². The molecule has 0 saturated heterocycles. The number of aromatic nitrogens is 4. The van der Waals surface area contributed by atoms with Gasteiger partial charge in [0.25, 0.3) is 5.78 Å². The predicted octanol–water partition coefficient (Wildman–Crippen LogP) is 1.83. The maximum absolute atomic E-state index is 5.86. The van der Waals surface area contributed by atoms with Crippen molar-refractivity contribution in [1.29, 1.82) is 0 Å². The zero-order valence-corrected chi connectivity index (χ0v) is 11.1. The van der Waals surface area contributed by atoms with Crippen LogP contribution in [0, 0.1) is 5.92 Å². The van der Waals surface area contributed by atoms with Gasteiger partial charge in [0, 0.05) is 12.7 Å². The number of fused-ring (bicyclic) bond motifs is 1. The molecule has 0 saturated carbocycles. The lowest BCUT2D eigenvalue weighted by molar-refractivity contribution is 0.0799. The second-order valence-electron chi connectivity index (χ2n) is 4.21. The van der Waals surface area contributed by atoms with Crippen LogP contribution in [0.5, 0.6) is 5.88 Å². The SMILES string of the molecule is CC(C)COCCOc1cc(Cl)nc2ncnn12. The monoisotopic (exact) mass is 270 g/mol. The van der Waals surface area contributed by atoms with Crippen LogP contribution in [0.15, 0.2) is 12.4 Å². The smallest absolute Gasteiger partial charge is 0.256 e. The van der Waals surface area contributed by atoms with E-state index in [1.807, 2.05) is 0 Å². The maximum atomic E-state index is 5.86. The molecule has 0 radical (unpaired) electrons. The minimum atomic E-state index is 0.327. The average molecular weight is 271 g/mol. The third-order valence-electron chi connectivity index (χ3n) is 2.12. The predicted molar refractivity (Wildman–Crippen MR) is 66.9 cm³/mol. The van der Waals surface area contributed by atoms with Gasteiger partial charge >= 0.3 is 0 Å². The molecule has 0 aromatic carbocycles. The molecule has 98 valence electrons. The molecule has 0 spiro atoms. The number of hydrogen-bond acceptors (Lipinski definition) is 5. The first-order valence-corrected chi connectivity index (χ1v) is 6.11. The Labute approximate surface area is 110 Å². The van der Waals surface area contributed by atoms with E-state index in [0.717, 1.165) is 6.61 Å². The van der Waals surface area contributed by atoms with Gasteiger partial charge in [0.05, 0.1) is 6.61 Å². The highest BCUT2D eigenvalue weighted by Crippen LogP contribution is 2.16. The van der Waals surface area contributed by atoms with Crippen molar-refractivity contribution in [3.05, 3.63) is 17.5 Å². The van der Waals surface area contributed by atoms with E-state index in [-0.39, 0.29) is 0 Å². The second-order valence-corrected chi connectivity index (χ2v) is 4.59. The summed E-state index contributed by atoms with van der Waals surface area (Å²) in [6, 6.07) is 1.60. The van der Waals surface area contributed by atoms with Gasteiger partial charge in [-0.25, -0.2) is 0 Å². The maximum Gasteiger partial charge on any atom is 0.256 e. The Morgan fingerprint density at radius 1 is 1.39 bits per heavy atom. The van der Waals surface area contributed by atoms with E-state index in [9.17, 15) is 0 Å². The van der Waals surface area contributed by atoms with Crippen LogP contribution < -0.4 is 4.74 Å². The first-order valence-electron chi connectivity index (χ1n) is 5.73. The summed E-state index contributed by atoms with van der Waals surface area (Å²) in [5, 5.41) is 4.33. The molecule has 2 rings (SSSR count). The molecule has 2 aromatic rings. The molecule has 0 fully saturated rings. The molecule has 0 aliphatic carbocycles. The Bertz CT molecular complexity index is 515. The molecule has 7 heteroatoms. The number of nitrogens with zero attached hydrogens (tertiary/aromatic N) is 4. The van der Waals surface area contributed by atoms with Crippen molar-refractivity contribution in [3.63, 3.8) is 0 Å². The summed E-state index contributed by atoms with van der Waals surface area (Å²) in [6.07, 6.45) is 1.40. The minimum absolute atomic E-state index is 0.327. The van der Waals surface area contributed by atoms with Crippen LogP contribution in [0.4, 0.5) is 0 Å². The molecule has 18 heavy (non-hydrogen) atoms. The molecule has 0 N–H and O–H groups in total. The molecule has 0 bridgehead atoms. The first kappa shape index (κ1) is 13.0. The third kappa shape index (κ3) is 3.30. The quantitative estimate of drug-likeness (QED) is 0.592. The lowest BCUT2D eigenvalue weighted by atomic mass is 10.2. The molecule has 0 unspecified atom stereocenters. The van der Waals surface area contributed by atoms with Gasteiger partial charge in [-0.05, 0) is 5.92 Å². The van der Waals surface area contributed by atoms with Gasteiger partial charge in [0.2, 0.25) is 5.88 Å². The summed E-state index contributed by atoms with van der Waals surface area (Å²) in [7, 11) is 0. The van der Waals surface area contributed by atoms with Crippen LogP contribution in [0.3, 0.4) is 0 Å². The lowest BCUT2D eigenvalue weighted by Gasteiger charge is -2.09. The van der Waals surface area contributed by atoms with E-state index < -0.39 is 0 Å². The van der Waals surface area contributed by atoms with Gasteiger partial charge in [0.15, 0.2) is 0 Å². The van der Waals surface area contributed by atoms with Gasteiger partial charge in [-0.1, -0.05) is 25.4 Å². The Morgan fingerprint density at radius 3 is 3.00 bits per heavy atom. The summed E-state index contributed by atoms with van der Waals surface area (Å²) in [6.45, 7) is 5.88. The van der Waals surface area contributed by atoms with Crippen LogP contribution in [-0.4, -0.2) is 39.4 Å². The largest absolute Gasteiger partial charge is 0.475 e. The Hall–Kier alpha value is -1.40. The van der Waals surface area contributed by atoms with E-state index in [4.69, 9.17) is 21.1 Å². The fraction of sp³-hybridized carbons (Fsp3) is 0.545. The summed E-state index contributed by atoms with van der Waals surface area (Å²) in [5.74, 6) is 1.44. The topological polar surface area (TPSA) is 61.5 Å². The number of rotatable bonds is 6. The van der Waals surface area contributed by atoms with Crippen molar-refractivity contribution in [1.82, 2.24) is 19.6 Å². The minimum Gasteiger partial charge on any atom is -0.475 e. The highest BCUT2D eigenvalue weighted by molar-refractivity contribution is 6.29. The molecule has 0 atom stereocenters. The summed E-state index contributed by atoms with van der Waals surface area (Å²) in [4.78, 5) is 7.96. The van der Waals surface area contributed by atoms with Gasteiger partial charge in [-0.3, -0.25) is 0 Å². The summed E-state index contributed by atoms with van der Waals surface area (Å²) < 4.78 is 12.5. The van der Waals surface area contributed by atoms with E-state index in [0.29, 0.717) is 35.9 Å². The highest BCUT2D eigenvalue weighted by Gasteiger charge is 2.07. The van der Waals surface area contributed by atoms with Crippen LogP contribution in [-0.2, 0) is 4.74 Å². The van der Waals surface area contributed by atoms with Gasteiger partial charge in [0.1, 0.15) is 18.1 Å². The zero-order valence-electron chi connectivity index (χ0n) is 10.3. The third-order valence-corrected chi connectivity index (χ3v) is 2.31. The van der Waals surface area contributed by atoms with Crippen LogP contribution in [0.1, 0.15) is 13.8 Å². The molecular weight excluding hydrogens is 256 g/mol. The fourth-order valence-corrected chi connectivity index (χ4v) is 1.55. The van der Waals surface area contributed by atoms with Crippen molar-refractivity contribution in [2.45, 2.75) is 13.8 Å².